The fourth-order valence-corrected chi connectivity index (χ4v) is 2.91. The van der Waals surface area contributed by atoms with Crippen LogP contribution in [-0.2, 0) is 9.84 Å². The minimum Gasteiger partial charge on any atom is -0.312 e. The number of sulfone groups is 1. The molecule has 1 heterocycles. The summed E-state index contributed by atoms with van der Waals surface area (Å²) in [6.07, 6.45) is 3.59. The maximum atomic E-state index is 11.8. The van der Waals surface area contributed by atoms with Crippen molar-refractivity contribution >= 4 is 9.84 Å². The Morgan fingerprint density at radius 1 is 1.42 bits per heavy atom. The monoisotopic (exact) mass is 290 g/mol. The van der Waals surface area contributed by atoms with E-state index < -0.39 is 14.6 Å². The van der Waals surface area contributed by atoms with E-state index in [1.807, 2.05) is 13.8 Å². The van der Waals surface area contributed by atoms with E-state index >= 15 is 0 Å². The highest BCUT2D eigenvalue weighted by Gasteiger charge is 2.33. The predicted octanol–water partition coefficient (Wildman–Crippen LogP) is 1.52. The quantitative estimate of drug-likeness (QED) is 0.834. The third-order valence-corrected chi connectivity index (χ3v) is 6.59. The van der Waals surface area contributed by atoms with Crippen LogP contribution in [0.25, 0.3) is 0 Å². The van der Waals surface area contributed by atoms with Gasteiger partial charge in [-0.3, -0.25) is 0 Å². The number of nitrogens with zero attached hydrogens (tertiary/aromatic N) is 1. The third-order valence-electron chi connectivity index (χ3n) is 4.45. The van der Waals surface area contributed by atoms with E-state index in [1.165, 1.54) is 6.26 Å². The van der Waals surface area contributed by atoms with Crippen LogP contribution in [0, 0.1) is 5.92 Å². The minimum absolute atomic E-state index is 0.475. The second-order valence-electron chi connectivity index (χ2n) is 6.57. The van der Waals surface area contributed by atoms with Crippen LogP contribution in [0.15, 0.2) is 0 Å². The lowest BCUT2D eigenvalue weighted by Crippen LogP contribution is -2.48. The Hall–Kier alpha value is -0.130. The topological polar surface area (TPSA) is 49.4 Å². The number of nitrogens with one attached hydrogen (secondary N) is 1. The normalized spacial score (nSPS) is 25.0. The summed E-state index contributed by atoms with van der Waals surface area (Å²) in [6.45, 7) is 11.7. The lowest BCUT2D eigenvalue weighted by Gasteiger charge is -2.33. The Labute approximate surface area is 118 Å². The van der Waals surface area contributed by atoms with Crippen molar-refractivity contribution in [2.75, 3.05) is 32.4 Å². The van der Waals surface area contributed by atoms with Crippen molar-refractivity contribution in [3.63, 3.8) is 0 Å². The maximum Gasteiger partial charge on any atom is 0.153 e. The Bertz CT molecular complexity index is 379. The number of hydrogen-bond donors (Lipinski definition) is 1. The molecule has 1 rings (SSSR count). The molecule has 0 bridgehead atoms. The zero-order chi connectivity index (χ0) is 14.7. The van der Waals surface area contributed by atoms with Crippen molar-refractivity contribution < 1.29 is 8.42 Å². The summed E-state index contributed by atoms with van der Waals surface area (Å²) in [4.78, 5) is 2.32. The fourth-order valence-electron chi connectivity index (χ4n) is 2.49. The average molecular weight is 290 g/mol. The van der Waals surface area contributed by atoms with Gasteiger partial charge in [-0.05, 0) is 39.3 Å². The number of hydrogen-bond acceptors (Lipinski definition) is 4. The molecule has 0 saturated carbocycles. The van der Waals surface area contributed by atoms with Crippen LogP contribution in [0.5, 0.6) is 0 Å². The molecule has 0 amide bonds. The summed E-state index contributed by atoms with van der Waals surface area (Å²) >= 11 is 0. The molecule has 0 radical (unpaired) electrons. The van der Waals surface area contributed by atoms with Crippen molar-refractivity contribution in [2.24, 2.45) is 5.92 Å². The largest absolute Gasteiger partial charge is 0.312 e. The molecule has 1 N–H and O–H groups in total. The van der Waals surface area contributed by atoms with Gasteiger partial charge in [0.1, 0.15) is 0 Å². The van der Waals surface area contributed by atoms with E-state index in [1.54, 1.807) is 0 Å². The Balaban J connectivity index is 2.72. The molecule has 4 nitrogen and oxygen atoms in total. The van der Waals surface area contributed by atoms with Gasteiger partial charge in [0, 0.05) is 25.4 Å². The van der Waals surface area contributed by atoms with Gasteiger partial charge in [-0.1, -0.05) is 20.3 Å². The third kappa shape index (κ3) is 4.72. The molecule has 1 aliphatic rings. The molecule has 1 saturated heterocycles. The molecule has 0 aliphatic carbocycles. The second kappa shape index (κ2) is 6.55. The van der Waals surface area contributed by atoms with Crippen LogP contribution in [0.3, 0.4) is 0 Å². The van der Waals surface area contributed by atoms with E-state index in [2.05, 4.69) is 24.1 Å². The lowest BCUT2D eigenvalue weighted by molar-refractivity contribution is 0.222. The molecular formula is C14H30N2O2S. The van der Waals surface area contributed by atoms with Gasteiger partial charge in [0.05, 0.1) is 4.75 Å². The summed E-state index contributed by atoms with van der Waals surface area (Å²) in [5.74, 6) is 0.627. The zero-order valence-electron chi connectivity index (χ0n) is 13.1. The summed E-state index contributed by atoms with van der Waals surface area (Å²) in [7, 11) is -3.02. The lowest BCUT2D eigenvalue weighted by atomic mass is 9.98. The Morgan fingerprint density at radius 2 is 2.05 bits per heavy atom. The minimum atomic E-state index is -3.02. The zero-order valence-corrected chi connectivity index (χ0v) is 13.9. The SMILES string of the molecule is CCC(C)C1CN(CC(C)(C)S(C)(=O)=O)CCCN1. The molecule has 0 spiro atoms. The standard InChI is InChI=1S/C14H30N2O2S/c1-6-12(2)13-10-16(9-7-8-15-13)11-14(3,4)19(5,17)18/h12-13,15H,6-11H2,1-5H3. The first kappa shape index (κ1) is 16.9. The van der Waals surface area contributed by atoms with E-state index in [0.717, 1.165) is 32.5 Å². The highest BCUT2D eigenvalue weighted by atomic mass is 32.2. The molecule has 2 atom stereocenters. The van der Waals surface area contributed by atoms with Gasteiger partial charge in [0.15, 0.2) is 9.84 Å². The van der Waals surface area contributed by atoms with E-state index in [9.17, 15) is 8.42 Å². The van der Waals surface area contributed by atoms with Crippen LogP contribution in [0.2, 0.25) is 0 Å². The molecule has 19 heavy (non-hydrogen) atoms. The second-order valence-corrected chi connectivity index (χ2v) is 9.22. The molecule has 0 aromatic heterocycles. The van der Waals surface area contributed by atoms with Gasteiger partial charge in [0.2, 0.25) is 0 Å². The maximum absolute atomic E-state index is 11.8. The van der Waals surface area contributed by atoms with Crippen molar-refractivity contribution in [1.82, 2.24) is 10.2 Å². The first-order valence-corrected chi connectivity index (χ1v) is 9.22. The van der Waals surface area contributed by atoms with Crippen molar-refractivity contribution in [3.05, 3.63) is 0 Å². The summed E-state index contributed by atoms with van der Waals surface area (Å²) < 4.78 is 23.0. The van der Waals surface area contributed by atoms with Gasteiger partial charge in [-0.15, -0.1) is 0 Å². The van der Waals surface area contributed by atoms with E-state index in [-0.39, 0.29) is 0 Å². The molecule has 0 aromatic carbocycles. The summed E-state index contributed by atoms with van der Waals surface area (Å²) in [5, 5.41) is 3.60. The van der Waals surface area contributed by atoms with Gasteiger partial charge < -0.3 is 10.2 Å². The number of rotatable bonds is 5. The Kier molecular flexibility index (Phi) is 5.83. The average Bonchev–Trinajstić information content (AvgIpc) is 2.51. The van der Waals surface area contributed by atoms with Crippen molar-refractivity contribution in [1.29, 1.82) is 0 Å². The predicted molar refractivity (Wildman–Crippen MR) is 81.2 cm³/mol. The molecule has 114 valence electrons. The molecular weight excluding hydrogens is 260 g/mol. The highest BCUT2D eigenvalue weighted by molar-refractivity contribution is 7.92. The van der Waals surface area contributed by atoms with Gasteiger partial charge in [0.25, 0.3) is 0 Å². The van der Waals surface area contributed by atoms with Crippen molar-refractivity contribution in [3.8, 4) is 0 Å². The van der Waals surface area contributed by atoms with Gasteiger partial charge in [-0.25, -0.2) is 8.42 Å². The highest BCUT2D eigenvalue weighted by Crippen LogP contribution is 2.19. The fraction of sp³-hybridized carbons (Fsp3) is 1.00. The van der Waals surface area contributed by atoms with Crippen LogP contribution in [0.4, 0.5) is 0 Å². The van der Waals surface area contributed by atoms with Crippen molar-refractivity contribution in [2.45, 2.75) is 51.3 Å². The molecule has 0 aromatic rings. The summed E-state index contributed by atoms with van der Waals surface area (Å²) in [6, 6.07) is 0.475. The molecule has 2 unspecified atom stereocenters. The van der Waals surface area contributed by atoms with Crippen LogP contribution in [-0.4, -0.2) is 56.5 Å². The van der Waals surface area contributed by atoms with Crippen LogP contribution >= 0.6 is 0 Å². The molecule has 1 aliphatic heterocycles. The van der Waals surface area contributed by atoms with Crippen LogP contribution < -0.4 is 5.32 Å². The molecule has 5 heteroatoms. The Morgan fingerprint density at radius 3 is 2.58 bits per heavy atom. The van der Waals surface area contributed by atoms with Crippen LogP contribution in [0.1, 0.15) is 40.5 Å². The molecule has 1 fully saturated rings. The first-order valence-electron chi connectivity index (χ1n) is 7.32. The van der Waals surface area contributed by atoms with E-state index in [0.29, 0.717) is 18.5 Å². The van der Waals surface area contributed by atoms with Gasteiger partial charge in [-0.2, -0.15) is 0 Å². The van der Waals surface area contributed by atoms with E-state index in [4.69, 9.17) is 0 Å². The van der Waals surface area contributed by atoms with Gasteiger partial charge >= 0.3 is 0 Å². The first-order chi connectivity index (χ1) is 8.67. The summed E-state index contributed by atoms with van der Waals surface area (Å²) in [5.41, 5.74) is 0. The smallest absolute Gasteiger partial charge is 0.153 e.